The minimum absolute atomic E-state index is 0.594. The van der Waals surface area contributed by atoms with Crippen molar-refractivity contribution in [1.29, 1.82) is 0 Å². The summed E-state index contributed by atoms with van der Waals surface area (Å²) >= 11 is 0. The Morgan fingerprint density at radius 3 is 2.46 bits per heavy atom. The molecule has 1 aliphatic rings. The van der Waals surface area contributed by atoms with E-state index in [9.17, 15) is 0 Å². The summed E-state index contributed by atoms with van der Waals surface area (Å²) in [6, 6.07) is 11.0. The first-order valence-corrected chi connectivity index (χ1v) is 4.84. The van der Waals surface area contributed by atoms with Crippen LogP contribution in [0, 0.1) is 0 Å². The van der Waals surface area contributed by atoms with Crippen molar-refractivity contribution in [3.05, 3.63) is 30.3 Å². The zero-order valence-corrected chi connectivity index (χ0v) is 7.70. The Labute approximate surface area is 78.9 Å². The monoisotopic (exact) mass is 177 g/mol. The van der Waals surface area contributed by atoms with Crippen LogP contribution in [0.3, 0.4) is 0 Å². The van der Waals surface area contributed by atoms with E-state index in [0.29, 0.717) is 6.04 Å². The Hall–Kier alpha value is -1.02. The van der Waals surface area contributed by atoms with Gasteiger partial charge in [-0.2, -0.15) is 0 Å². The molecule has 0 saturated carbocycles. The first-order chi connectivity index (χ1) is 6.45. The standard InChI is InChI=1S/C11H15NO/c1-2-4-10(5-3-1)12-11-6-8-13-9-7-11/h1-5,11-12H,6-9H2. The lowest BCUT2D eigenvalue weighted by Gasteiger charge is -2.24. The molecule has 0 atom stereocenters. The molecule has 70 valence electrons. The molecule has 1 heterocycles. The van der Waals surface area contributed by atoms with E-state index in [0.717, 1.165) is 26.1 Å². The molecule has 0 radical (unpaired) electrons. The lowest BCUT2D eigenvalue weighted by Crippen LogP contribution is -2.27. The summed E-state index contributed by atoms with van der Waals surface area (Å²) in [4.78, 5) is 0. The van der Waals surface area contributed by atoms with E-state index in [-0.39, 0.29) is 0 Å². The van der Waals surface area contributed by atoms with Gasteiger partial charge in [-0.15, -0.1) is 0 Å². The van der Waals surface area contributed by atoms with E-state index in [1.54, 1.807) is 0 Å². The topological polar surface area (TPSA) is 21.3 Å². The summed E-state index contributed by atoms with van der Waals surface area (Å²) in [5.74, 6) is 0. The zero-order chi connectivity index (χ0) is 8.93. The van der Waals surface area contributed by atoms with E-state index in [4.69, 9.17) is 4.74 Å². The molecule has 0 aromatic heterocycles. The first-order valence-electron chi connectivity index (χ1n) is 4.84. The van der Waals surface area contributed by atoms with Crippen LogP contribution in [-0.4, -0.2) is 19.3 Å². The van der Waals surface area contributed by atoms with Gasteiger partial charge in [0.1, 0.15) is 0 Å². The maximum Gasteiger partial charge on any atom is 0.0485 e. The van der Waals surface area contributed by atoms with Crippen LogP contribution in [0.5, 0.6) is 0 Å². The Morgan fingerprint density at radius 1 is 1.08 bits per heavy atom. The van der Waals surface area contributed by atoms with Gasteiger partial charge in [0, 0.05) is 24.9 Å². The molecule has 1 aliphatic heterocycles. The van der Waals surface area contributed by atoms with E-state index >= 15 is 0 Å². The van der Waals surface area contributed by atoms with Gasteiger partial charge >= 0.3 is 0 Å². The quantitative estimate of drug-likeness (QED) is 0.748. The molecule has 0 unspecified atom stereocenters. The second-order valence-electron chi connectivity index (χ2n) is 3.40. The Morgan fingerprint density at radius 2 is 1.77 bits per heavy atom. The molecule has 2 nitrogen and oxygen atoms in total. The Balaban J connectivity index is 1.90. The molecule has 1 saturated heterocycles. The molecule has 1 N–H and O–H groups in total. The molecule has 2 heteroatoms. The van der Waals surface area contributed by atoms with E-state index in [1.165, 1.54) is 5.69 Å². The van der Waals surface area contributed by atoms with Crippen molar-refractivity contribution in [2.45, 2.75) is 18.9 Å². The molecule has 0 bridgehead atoms. The maximum atomic E-state index is 5.30. The maximum absolute atomic E-state index is 5.30. The molecule has 0 aliphatic carbocycles. The van der Waals surface area contributed by atoms with Crippen molar-refractivity contribution >= 4 is 5.69 Å². The number of hydrogen-bond donors (Lipinski definition) is 1. The lowest BCUT2D eigenvalue weighted by molar-refractivity contribution is 0.0904. The summed E-state index contributed by atoms with van der Waals surface area (Å²) in [5, 5.41) is 3.50. The summed E-state index contributed by atoms with van der Waals surface area (Å²) in [6.07, 6.45) is 2.24. The van der Waals surface area contributed by atoms with E-state index < -0.39 is 0 Å². The van der Waals surface area contributed by atoms with Crippen molar-refractivity contribution < 1.29 is 4.74 Å². The third-order valence-corrected chi connectivity index (χ3v) is 2.37. The number of rotatable bonds is 2. The summed E-state index contributed by atoms with van der Waals surface area (Å²) in [5.41, 5.74) is 1.22. The van der Waals surface area contributed by atoms with Gasteiger partial charge in [0.25, 0.3) is 0 Å². The number of para-hydroxylation sites is 1. The summed E-state index contributed by atoms with van der Waals surface area (Å²) in [6.45, 7) is 1.79. The molecular weight excluding hydrogens is 162 g/mol. The molecule has 1 aromatic carbocycles. The predicted molar refractivity (Wildman–Crippen MR) is 53.9 cm³/mol. The van der Waals surface area contributed by atoms with Crippen molar-refractivity contribution in [3.8, 4) is 0 Å². The molecule has 2 rings (SSSR count). The van der Waals surface area contributed by atoms with Gasteiger partial charge in [0.2, 0.25) is 0 Å². The first kappa shape index (κ1) is 8.57. The second kappa shape index (κ2) is 4.28. The van der Waals surface area contributed by atoms with Crippen LogP contribution in [0.25, 0.3) is 0 Å². The van der Waals surface area contributed by atoms with E-state index in [1.807, 2.05) is 6.07 Å². The number of anilines is 1. The fourth-order valence-corrected chi connectivity index (χ4v) is 1.61. The average Bonchev–Trinajstić information content (AvgIpc) is 2.21. The lowest BCUT2D eigenvalue weighted by atomic mass is 10.1. The Bertz CT molecular complexity index is 242. The SMILES string of the molecule is c1ccc(NC2CCOCC2)cc1. The van der Waals surface area contributed by atoms with Crippen LogP contribution in [0.4, 0.5) is 5.69 Å². The minimum atomic E-state index is 0.594. The van der Waals surface area contributed by atoms with Gasteiger partial charge < -0.3 is 10.1 Å². The average molecular weight is 177 g/mol. The van der Waals surface area contributed by atoms with Gasteiger partial charge in [-0.3, -0.25) is 0 Å². The molecule has 13 heavy (non-hydrogen) atoms. The number of benzene rings is 1. The number of nitrogens with one attached hydrogen (secondary N) is 1. The minimum Gasteiger partial charge on any atom is -0.382 e. The fourth-order valence-electron chi connectivity index (χ4n) is 1.61. The van der Waals surface area contributed by atoms with E-state index in [2.05, 4.69) is 29.6 Å². The van der Waals surface area contributed by atoms with Gasteiger partial charge in [0.15, 0.2) is 0 Å². The van der Waals surface area contributed by atoms with Gasteiger partial charge in [-0.25, -0.2) is 0 Å². The van der Waals surface area contributed by atoms with Crippen molar-refractivity contribution in [2.75, 3.05) is 18.5 Å². The predicted octanol–water partition coefficient (Wildman–Crippen LogP) is 2.28. The van der Waals surface area contributed by atoms with Crippen LogP contribution in [0.2, 0.25) is 0 Å². The van der Waals surface area contributed by atoms with Gasteiger partial charge in [-0.1, -0.05) is 18.2 Å². The number of hydrogen-bond acceptors (Lipinski definition) is 2. The highest BCUT2D eigenvalue weighted by atomic mass is 16.5. The van der Waals surface area contributed by atoms with Crippen molar-refractivity contribution in [3.63, 3.8) is 0 Å². The van der Waals surface area contributed by atoms with Crippen molar-refractivity contribution in [1.82, 2.24) is 0 Å². The summed E-state index contributed by atoms with van der Waals surface area (Å²) < 4.78 is 5.30. The number of ether oxygens (including phenoxy) is 1. The van der Waals surface area contributed by atoms with Gasteiger partial charge in [-0.05, 0) is 25.0 Å². The van der Waals surface area contributed by atoms with Crippen LogP contribution in [0.15, 0.2) is 30.3 Å². The fraction of sp³-hybridized carbons (Fsp3) is 0.455. The molecular formula is C11H15NO. The summed E-state index contributed by atoms with van der Waals surface area (Å²) in [7, 11) is 0. The normalized spacial score (nSPS) is 18.5. The smallest absolute Gasteiger partial charge is 0.0485 e. The van der Waals surface area contributed by atoms with Crippen LogP contribution >= 0.6 is 0 Å². The second-order valence-corrected chi connectivity index (χ2v) is 3.40. The molecule has 0 amide bonds. The Kier molecular flexibility index (Phi) is 2.82. The third-order valence-electron chi connectivity index (χ3n) is 2.37. The molecule has 0 spiro atoms. The highest BCUT2D eigenvalue weighted by Gasteiger charge is 2.12. The zero-order valence-electron chi connectivity index (χ0n) is 7.70. The van der Waals surface area contributed by atoms with Crippen LogP contribution in [-0.2, 0) is 4.74 Å². The molecule has 1 aromatic rings. The largest absolute Gasteiger partial charge is 0.382 e. The third kappa shape index (κ3) is 2.46. The highest BCUT2D eigenvalue weighted by molar-refractivity contribution is 5.43. The van der Waals surface area contributed by atoms with Crippen LogP contribution in [0.1, 0.15) is 12.8 Å². The van der Waals surface area contributed by atoms with Crippen LogP contribution < -0.4 is 5.32 Å². The van der Waals surface area contributed by atoms with Gasteiger partial charge in [0.05, 0.1) is 0 Å². The molecule has 1 fully saturated rings. The highest BCUT2D eigenvalue weighted by Crippen LogP contribution is 2.13. The van der Waals surface area contributed by atoms with Crippen molar-refractivity contribution in [2.24, 2.45) is 0 Å².